The first-order chi connectivity index (χ1) is 6.35. The summed E-state index contributed by atoms with van der Waals surface area (Å²) in [5.74, 6) is 0. The summed E-state index contributed by atoms with van der Waals surface area (Å²) in [5, 5.41) is 3.49. The van der Waals surface area contributed by atoms with Crippen molar-refractivity contribution in [3.63, 3.8) is 0 Å². The first kappa shape index (κ1) is 13.0. The first-order valence-corrected chi connectivity index (χ1v) is 5.77. The van der Waals surface area contributed by atoms with Crippen molar-refractivity contribution in [2.75, 3.05) is 6.54 Å². The van der Waals surface area contributed by atoms with Gasteiger partial charge in [0.25, 0.3) is 0 Å². The van der Waals surface area contributed by atoms with E-state index in [1.165, 1.54) is 32.1 Å². The molecule has 0 aromatic rings. The van der Waals surface area contributed by atoms with Gasteiger partial charge in [0.15, 0.2) is 0 Å². The number of hydrogen-bond donors (Lipinski definition) is 1. The summed E-state index contributed by atoms with van der Waals surface area (Å²) in [4.78, 5) is 0. The number of unbranched alkanes of at least 4 members (excludes halogenated alkanes) is 1. The van der Waals surface area contributed by atoms with E-state index in [1.54, 1.807) is 5.54 Å². The zero-order valence-electron chi connectivity index (χ0n) is 8.85. The molecule has 1 nitrogen and oxygen atoms in total. The van der Waals surface area contributed by atoms with E-state index in [0.29, 0.717) is 6.04 Å². The summed E-state index contributed by atoms with van der Waals surface area (Å²) in [5.41, 5.74) is 1.58. The van der Waals surface area contributed by atoms with Gasteiger partial charge in [0.1, 0.15) is 0 Å². The van der Waals surface area contributed by atoms with E-state index in [0.717, 1.165) is 6.54 Å². The van der Waals surface area contributed by atoms with E-state index >= 15 is 0 Å². The Morgan fingerprint density at radius 2 is 2.00 bits per heavy atom. The number of hydrogen-bond acceptors (Lipinski definition) is 1. The molecule has 1 atom stereocenters. The molecule has 0 aromatic carbocycles. The van der Waals surface area contributed by atoms with Gasteiger partial charge in [-0.1, -0.05) is 50.8 Å². The Hall–Kier alpha value is -0.0100. The van der Waals surface area contributed by atoms with E-state index < -0.39 is 0 Å². The summed E-state index contributed by atoms with van der Waals surface area (Å²) in [6.07, 6.45) is 8.38. The van der Waals surface area contributed by atoms with Crippen molar-refractivity contribution < 1.29 is 0 Å². The quantitative estimate of drug-likeness (QED) is 0.635. The molecule has 0 heterocycles. The van der Waals surface area contributed by atoms with Crippen LogP contribution < -0.4 is 5.32 Å². The van der Waals surface area contributed by atoms with Gasteiger partial charge in [-0.2, -0.15) is 0 Å². The molecule has 0 radical (unpaired) electrons. The molecule has 0 spiro atoms. The lowest BCUT2D eigenvalue weighted by Crippen LogP contribution is -2.28. The van der Waals surface area contributed by atoms with Crippen LogP contribution in [0, 0.1) is 0 Å². The number of nitrogens with one attached hydrogen (secondary N) is 1. The highest BCUT2D eigenvalue weighted by Gasteiger charge is 2.04. The smallest absolute Gasteiger partial charge is 0.0149 e. The van der Waals surface area contributed by atoms with E-state index in [2.05, 4.69) is 19.2 Å². The summed E-state index contributed by atoms with van der Waals surface area (Å²) in [6.45, 7) is 5.37. The fourth-order valence-electron chi connectivity index (χ4n) is 1.43. The third-order valence-electron chi connectivity index (χ3n) is 2.16. The molecule has 0 aliphatic carbocycles. The molecule has 0 saturated carbocycles. The Morgan fingerprint density at radius 3 is 2.54 bits per heavy atom. The zero-order chi connectivity index (χ0) is 9.94. The van der Waals surface area contributed by atoms with Gasteiger partial charge in [-0.25, -0.2) is 0 Å². The summed E-state index contributed by atoms with van der Waals surface area (Å²) < 4.78 is 0. The monoisotopic (exact) mass is 203 g/mol. The molecular weight excluding hydrogens is 182 g/mol. The molecule has 0 saturated heterocycles. The highest BCUT2D eigenvalue weighted by Crippen LogP contribution is 2.06. The molecular formula is C11H22ClN. The Morgan fingerprint density at radius 1 is 1.23 bits per heavy atom. The van der Waals surface area contributed by atoms with Crippen LogP contribution in [0.3, 0.4) is 0 Å². The lowest BCUT2D eigenvalue weighted by Gasteiger charge is -2.16. The second-order valence-corrected chi connectivity index (χ2v) is 3.65. The van der Waals surface area contributed by atoms with Crippen LogP contribution in [0.25, 0.3) is 0 Å². The minimum atomic E-state index is 0.679. The van der Waals surface area contributed by atoms with Crippen molar-refractivity contribution in [2.24, 2.45) is 0 Å². The van der Waals surface area contributed by atoms with Crippen molar-refractivity contribution in [3.05, 3.63) is 11.6 Å². The average Bonchev–Trinajstić information content (AvgIpc) is 2.14. The summed E-state index contributed by atoms with van der Waals surface area (Å²) >= 11 is 5.45. The maximum absolute atomic E-state index is 5.45. The molecule has 0 amide bonds. The maximum atomic E-state index is 5.45. The lowest BCUT2D eigenvalue weighted by atomic mass is 10.1. The van der Waals surface area contributed by atoms with Gasteiger partial charge in [-0.3, -0.25) is 0 Å². The van der Waals surface area contributed by atoms with Crippen LogP contribution in [0.5, 0.6) is 0 Å². The zero-order valence-corrected chi connectivity index (χ0v) is 9.61. The Bertz CT molecular complexity index is 123. The Kier molecular flexibility index (Phi) is 10.1. The van der Waals surface area contributed by atoms with Gasteiger partial charge in [0.05, 0.1) is 0 Å². The molecule has 0 bridgehead atoms. The van der Waals surface area contributed by atoms with Gasteiger partial charge in [0, 0.05) is 18.1 Å². The molecule has 1 unspecified atom stereocenters. The van der Waals surface area contributed by atoms with Crippen LogP contribution in [0.4, 0.5) is 0 Å². The minimum Gasteiger partial charge on any atom is -0.310 e. The molecule has 2 heteroatoms. The maximum Gasteiger partial charge on any atom is 0.0149 e. The molecule has 0 aliphatic rings. The summed E-state index contributed by atoms with van der Waals surface area (Å²) in [7, 11) is 0. The van der Waals surface area contributed by atoms with Gasteiger partial charge >= 0.3 is 0 Å². The standard InChI is InChI=1S/C11H22ClN/c1-3-5-8-11(7-4-2)13-10-6-9-12/h6,9,11,13H,3-5,7-8,10H2,1-2H3/b9-6+. The highest BCUT2D eigenvalue weighted by molar-refractivity contribution is 6.25. The Labute approximate surface area is 87.6 Å². The molecule has 0 rings (SSSR count). The second-order valence-electron chi connectivity index (χ2n) is 3.40. The SMILES string of the molecule is CCCCC(CCC)NC/C=C/Cl. The average molecular weight is 204 g/mol. The molecule has 0 aliphatic heterocycles. The van der Waals surface area contributed by atoms with Gasteiger partial charge in [0.2, 0.25) is 0 Å². The van der Waals surface area contributed by atoms with Crippen molar-refractivity contribution >= 4 is 11.6 Å². The van der Waals surface area contributed by atoms with Crippen LogP contribution in [0.1, 0.15) is 46.0 Å². The predicted molar refractivity (Wildman–Crippen MR) is 61.2 cm³/mol. The van der Waals surface area contributed by atoms with Crippen LogP contribution in [0.15, 0.2) is 11.6 Å². The van der Waals surface area contributed by atoms with Crippen molar-refractivity contribution in [1.29, 1.82) is 0 Å². The van der Waals surface area contributed by atoms with E-state index in [1.807, 2.05) is 6.08 Å². The fraction of sp³-hybridized carbons (Fsp3) is 0.818. The highest BCUT2D eigenvalue weighted by atomic mass is 35.5. The predicted octanol–water partition coefficient (Wildman–Crippen LogP) is 3.69. The summed E-state index contributed by atoms with van der Waals surface area (Å²) in [6, 6.07) is 0.679. The van der Waals surface area contributed by atoms with Gasteiger partial charge < -0.3 is 5.32 Å². The molecule has 78 valence electrons. The third-order valence-corrected chi connectivity index (χ3v) is 2.33. The van der Waals surface area contributed by atoms with Gasteiger partial charge in [-0.05, 0) is 12.8 Å². The van der Waals surface area contributed by atoms with Gasteiger partial charge in [-0.15, -0.1) is 0 Å². The topological polar surface area (TPSA) is 12.0 Å². The molecule has 0 aromatic heterocycles. The normalized spacial score (nSPS) is 13.8. The lowest BCUT2D eigenvalue weighted by molar-refractivity contribution is 0.453. The van der Waals surface area contributed by atoms with Crippen LogP contribution >= 0.6 is 11.6 Å². The van der Waals surface area contributed by atoms with Crippen molar-refractivity contribution in [3.8, 4) is 0 Å². The van der Waals surface area contributed by atoms with Crippen LogP contribution in [0.2, 0.25) is 0 Å². The van der Waals surface area contributed by atoms with E-state index in [-0.39, 0.29) is 0 Å². The third kappa shape index (κ3) is 8.32. The van der Waals surface area contributed by atoms with Crippen LogP contribution in [-0.2, 0) is 0 Å². The van der Waals surface area contributed by atoms with Crippen molar-refractivity contribution in [2.45, 2.75) is 52.0 Å². The fourth-order valence-corrected chi connectivity index (χ4v) is 1.52. The van der Waals surface area contributed by atoms with Crippen molar-refractivity contribution in [1.82, 2.24) is 5.32 Å². The second kappa shape index (κ2) is 10.1. The molecule has 1 N–H and O–H groups in total. The van der Waals surface area contributed by atoms with Crippen LogP contribution in [-0.4, -0.2) is 12.6 Å². The molecule has 0 fully saturated rings. The Balaban J connectivity index is 3.53. The van der Waals surface area contributed by atoms with E-state index in [9.17, 15) is 0 Å². The number of rotatable bonds is 8. The van der Waals surface area contributed by atoms with E-state index in [4.69, 9.17) is 11.6 Å². The molecule has 13 heavy (non-hydrogen) atoms. The number of halogens is 1. The first-order valence-electron chi connectivity index (χ1n) is 5.33. The minimum absolute atomic E-state index is 0.679. The largest absolute Gasteiger partial charge is 0.310 e.